The van der Waals surface area contributed by atoms with Gasteiger partial charge in [-0.2, -0.15) is 0 Å². The highest BCUT2D eigenvalue weighted by Gasteiger charge is 2.13. The number of hydrogen-bond donors (Lipinski definition) is 1. The van der Waals surface area contributed by atoms with Crippen LogP contribution in [0.15, 0.2) is 0 Å². The van der Waals surface area contributed by atoms with Gasteiger partial charge in [0.25, 0.3) is 0 Å². The number of alkyl halides is 1. The molecule has 0 aliphatic rings. The summed E-state index contributed by atoms with van der Waals surface area (Å²) < 4.78 is 0. The summed E-state index contributed by atoms with van der Waals surface area (Å²) in [7, 11) is 0. The fourth-order valence-corrected chi connectivity index (χ4v) is 1.95. The summed E-state index contributed by atoms with van der Waals surface area (Å²) in [5, 5.41) is 13.1. The molecule has 0 fully saturated rings. The van der Waals surface area contributed by atoms with Crippen molar-refractivity contribution >= 4 is 28.1 Å². The van der Waals surface area contributed by atoms with E-state index in [-0.39, 0.29) is 11.4 Å². The van der Waals surface area contributed by atoms with Crippen molar-refractivity contribution in [3.05, 3.63) is 5.01 Å². The van der Waals surface area contributed by atoms with Crippen molar-refractivity contribution in [2.24, 2.45) is 0 Å². The van der Waals surface area contributed by atoms with Crippen molar-refractivity contribution in [3.63, 3.8) is 0 Å². The van der Waals surface area contributed by atoms with Gasteiger partial charge in [-0.05, 0) is 20.3 Å². The third kappa shape index (κ3) is 3.12. The Morgan fingerprint density at radius 1 is 1.54 bits per heavy atom. The Kier molecular flexibility index (Phi) is 3.93. The second-order valence-electron chi connectivity index (χ2n) is 2.96. The quantitative estimate of drug-likeness (QED) is 0.792. The van der Waals surface area contributed by atoms with Gasteiger partial charge in [-0.3, -0.25) is 0 Å². The first-order chi connectivity index (χ1) is 6.13. The molecule has 1 aromatic heterocycles. The predicted molar refractivity (Wildman–Crippen MR) is 57.7 cm³/mol. The fraction of sp³-hybridized carbons (Fsp3) is 0.750. The van der Waals surface area contributed by atoms with Gasteiger partial charge < -0.3 is 5.32 Å². The Morgan fingerprint density at radius 2 is 2.23 bits per heavy atom. The molecule has 1 rings (SSSR count). The minimum absolute atomic E-state index is 0.106. The maximum Gasteiger partial charge on any atom is 0.205 e. The molecular weight excluding hydrogens is 206 g/mol. The van der Waals surface area contributed by atoms with Gasteiger partial charge in [-0.15, -0.1) is 21.8 Å². The summed E-state index contributed by atoms with van der Waals surface area (Å²) in [4.78, 5) is 0. The predicted octanol–water partition coefficient (Wildman–Crippen LogP) is 2.66. The molecule has 13 heavy (non-hydrogen) atoms. The zero-order valence-corrected chi connectivity index (χ0v) is 9.61. The molecular formula is C8H14ClN3S. The van der Waals surface area contributed by atoms with Crippen LogP contribution in [0.25, 0.3) is 0 Å². The van der Waals surface area contributed by atoms with Crippen LogP contribution in [-0.4, -0.2) is 21.6 Å². The first-order valence-corrected chi connectivity index (χ1v) is 5.59. The number of nitrogens with zero attached hydrogens (tertiary/aromatic N) is 2. The molecule has 0 saturated heterocycles. The molecule has 1 N–H and O–H groups in total. The lowest BCUT2D eigenvalue weighted by Gasteiger charge is -2.17. The lowest BCUT2D eigenvalue weighted by molar-refractivity contribution is 0.677. The molecule has 1 aromatic rings. The smallest absolute Gasteiger partial charge is 0.205 e. The van der Waals surface area contributed by atoms with Gasteiger partial charge in [0.1, 0.15) is 5.01 Å². The SMILES string of the molecule is CCC(Nc1nnc(C)s1)C(C)Cl. The Morgan fingerprint density at radius 3 is 2.62 bits per heavy atom. The van der Waals surface area contributed by atoms with Gasteiger partial charge in [-0.25, -0.2) is 0 Å². The number of anilines is 1. The largest absolute Gasteiger partial charge is 0.356 e. The second-order valence-corrected chi connectivity index (χ2v) is 4.83. The van der Waals surface area contributed by atoms with Crippen LogP contribution >= 0.6 is 22.9 Å². The van der Waals surface area contributed by atoms with Gasteiger partial charge >= 0.3 is 0 Å². The number of hydrogen-bond acceptors (Lipinski definition) is 4. The summed E-state index contributed by atoms with van der Waals surface area (Å²) >= 11 is 7.55. The van der Waals surface area contributed by atoms with E-state index in [9.17, 15) is 0 Å². The number of halogens is 1. The Bertz CT molecular complexity index is 262. The van der Waals surface area contributed by atoms with Gasteiger partial charge in [0.05, 0.1) is 5.38 Å². The summed E-state index contributed by atoms with van der Waals surface area (Å²) in [6.07, 6.45) is 0.989. The van der Waals surface area contributed by atoms with E-state index in [0.29, 0.717) is 0 Å². The minimum atomic E-state index is 0.106. The molecule has 3 nitrogen and oxygen atoms in total. The number of aryl methyl sites for hydroxylation is 1. The van der Waals surface area contributed by atoms with Crippen LogP contribution in [0.3, 0.4) is 0 Å². The molecule has 0 aliphatic heterocycles. The average molecular weight is 220 g/mol. The summed E-state index contributed by atoms with van der Waals surface area (Å²) in [6, 6.07) is 0.272. The van der Waals surface area contributed by atoms with Crippen LogP contribution in [0.1, 0.15) is 25.3 Å². The molecule has 0 aliphatic carbocycles. The lowest BCUT2D eigenvalue weighted by Crippen LogP contribution is -2.26. The van der Waals surface area contributed by atoms with Crippen LogP contribution < -0.4 is 5.32 Å². The Labute approximate surface area is 87.5 Å². The number of rotatable bonds is 4. The maximum atomic E-state index is 5.99. The minimum Gasteiger partial charge on any atom is -0.356 e. The van der Waals surface area contributed by atoms with Gasteiger partial charge in [0, 0.05) is 6.04 Å². The molecule has 2 unspecified atom stereocenters. The molecule has 0 aromatic carbocycles. The highest BCUT2D eigenvalue weighted by Crippen LogP contribution is 2.18. The second kappa shape index (κ2) is 4.77. The number of aromatic nitrogens is 2. The zero-order valence-electron chi connectivity index (χ0n) is 8.04. The van der Waals surface area contributed by atoms with E-state index in [1.807, 2.05) is 13.8 Å². The van der Waals surface area contributed by atoms with Crippen molar-refractivity contribution in [1.29, 1.82) is 0 Å². The van der Waals surface area contributed by atoms with E-state index in [4.69, 9.17) is 11.6 Å². The maximum absolute atomic E-state index is 5.99. The molecule has 0 radical (unpaired) electrons. The molecule has 0 bridgehead atoms. The lowest BCUT2D eigenvalue weighted by atomic mass is 10.2. The Hall–Kier alpha value is -0.350. The molecule has 74 valence electrons. The molecule has 5 heteroatoms. The van der Waals surface area contributed by atoms with Crippen molar-refractivity contribution in [1.82, 2.24) is 10.2 Å². The van der Waals surface area contributed by atoms with E-state index in [2.05, 4.69) is 22.4 Å². The summed E-state index contributed by atoms with van der Waals surface area (Å²) in [5.41, 5.74) is 0. The van der Waals surface area contributed by atoms with Crippen molar-refractivity contribution < 1.29 is 0 Å². The van der Waals surface area contributed by atoms with E-state index in [1.165, 1.54) is 0 Å². The highest BCUT2D eigenvalue weighted by molar-refractivity contribution is 7.15. The third-order valence-corrected chi connectivity index (χ3v) is 2.90. The first-order valence-electron chi connectivity index (χ1n) is 4.34. The molecule has 0 saturated carbocycles. The van der Waals surface area contributed by atoms with Crippen LogP contribution in [0.2, 0.25) is 0 Å². The van der Waals surface area contributed by atoms with E-state index < -0.39 is 0 Å². The van der Waals surface area contributed by atoms with Crippen LogP contribution in [0, 0.1) is 6.92 Å². The van der Waals surface area contributed by atoms with E-state index in [0.717, 1.165) is 16.6 Å². The first kappa shape index (κ1) is 10.7. The third-order valence-electron chi connectivity index (χ3n) is 1.83. The van der Waals surface area contributed by atoms with Crippen molar-refractivity contribution in [3.8, 4) is 0 Å². The van der Waals surface area contributed by atoms with E-state index >= 15 is 0 Å². The Balaban J connectivity index is 2.56. The zero-order chi connectivity index (χ0) is 9.84. The molecule has 0 spiro atoms. The van der Waals surface area contributed by atoms with Gasteiger partial charge in [0.15, 0.2) is 0 Å². The topological polar surface area (TPSA) is 37.8 Å². The van der Waals surface area contributed by atoms with Gasteiger partial charge in [-0.1, -0.05) is 18.3 Å². The molecule has 0 amide bonds. The normalized spacial score (nSPS) is 15.4. The van der Waals surface area contributed by atoms with Crippen LogP contribution in [0.5, 0.6) is 0 Å². The monoisotopic (exact) mass is 219 g/mol. The number of nitrogens with one attached hydrogen (secondary N) is 1. The van der Waals surface area contributed by atoms with Crippen LogP contribution in [0.4, 0.5) is 5.13 Å². The molecule has 1 heterocycles. The molecule has 2 atom stereocenters. The summed E-state index contributed by atoms with van der Waals surface area (Å²) in [5.74, 6) is 0. The van der Waals surface area contributed by atoms with E-state index in [1.54, 1.807) is 11.3 Å². The standard InChI is InChI=1S/C8H14ClN3S/c1-4-7(5(2)9)10-8-12-11-6(3)13-8/h5,7H,4H2,1-3H3,(H,10,12). The average Bonchev–Trinajstić information content (AvgIpc) is 2.46. The summed E-state index contributed by atoms with van der Waals surface area (Å²) in [6.45, 7) is 6.02. The van der Waals surface area contributed by atoms with Crippen molar-refractivity contribution in [2.75, 3.05) is 5.32 Å². The van der Waals surface area contributed by atoms with Gasteiger partial charge in [0.2, 0.25) is 5.13 Å². The van der Waals surface area contributed by atoms with Crippen molar-refractivity contribution in [2.45, 2.75) is 38.6 Å². The fourth-order valence-electron chi connectivity index (χ4n) is 1.06. The van der Waals surface area contributed by atoms with Crippen LogP contribution in [-0.2, 0) is 0 Å². The highest BCUT2D eigenvalue weighted by atomic mass is 35.5.